The number of rotatable bonds is 9. The molecule has 0 saturated carbocycles. The highest BCUT2D eigenvalue weighted by Crippen LogP contribution is 2.25. The molecule has 2 fully saturated rings. The van der Waals surface area contributed by atoms with Crippen molar-refractivity contribution in [3.05, 3.63) is 30.1 Å². The maximum atomic E-state index is 13.1. The zero-order chi connectivity index (χ0) is 23.8. The van der Waals surface area contributed by atoms with Gasteiger partial charge in [-0.3, -0.25) is 14.5 Å². The number of methoxy groups -OCH3 is 1. The number of benzene rings is 1. The second-order valence-electron chi connectivity index (χ2n) is 8.43. The molecule has 9 nitrogen and oxygen atoms in total. The van der Waals surface area contributed by atoms with Crippen molar-refractivity contribution in [1.82, 2.24) is 19.4 Å². The molecule has 2 saturated heterocycles. The standard InChI is InChI=1S/C22H33FN4O5S/c1-32-16-2-9-24-21(28)17-25-12-14-26(15-13-25)22(29)18-7-10-27(11-8-18)33(30,31)20-5-3-19(23)4-6-20/h3-6,18H,2,7-17H2,1H3,(H,24,28). The van der Waals surface area contributed by atoms with E-state index in [0.29, 0.717) is 58.7 Å². The molecule has 0 unspecified atom stereocenters. The number of ether oxygens (including phenoxy) is 1. The van der Waals surface area contributed by atoms with Gasteiger partial charge in [-0.2, -0.15) is 4.31 Å². The van der Waals surface area contributed by atoms with E-state index in [9.17, 15) is 22.4 Å². The summed E-state index contributed by atoms with van der Waals surface area (Å²) >= 11 is 0. The van der Waals surface area contributed by atoms with Crippen molar-refractivity contribution >= 4 is 21.8 Å². The molecule has 0 bridgehead atoms. The first-order valence-electron chi connectivity index (χ1n) is 11.3. The number of carbonyl (C=O) groups is 2. The van der Waals surface area contributed by atoms with Gasteiger partial charge in [0.2, 0.25) is 21.8 Å². The zero-order valence-corrected chi connectivity index (χ0v) is 19.9. The van der Waals surface area contributed by atoms with Crippen LogP contribution in [-0.2, 0) is 24.3 Å². The molecular weight excluding hydrogens is 451 g/mol. The fourth-order valence-corrected chi connectivity index (χ4v) is 5.66. The Bertz CT molecular complexity index is 896. The van der Waals surface area contributed by atoms with Crippen LogP contribution in [0.25, 0.3) is 0 Å². The highest BCUT2D eigenvalue weighted by atomic mass is 32.2. The Morgan fingerprint density at radius 1 is 1.06 bits per heavy atom. The van der Waals surface area contributed by atoms with Gasteiger partial charge in [0, 0.05) is 65.4 Å². The van der Waals surface area contributed by atoms with Crippen LogP contribution in [0.3, 0.4) is 0 Å². The lowest BCUT2D eigenvalue weighted by atomic mass is 9.96. The number of amides is 2. The normalized spacial score (nSPS) is 18.9. The van der Waals surface area contributed by atoms with Crippen molar-refractivity contribution in [1.29, 1.82) is 0 Å². The van der Waals surface area contributed by atoms with E-state index in [-0.39, 0.29) is 35.7 Å². The number of piperazine rings is 1. The smallest absolute Gasteiger partial charge is 0.243 e. The van der Waals surface area contributed by atoms with Crippen molar-refractivity contribution in [3.8, 4) is 0 Å². The maximum absolute atomic E-state index is 13.1. The molecule has 2 aliphatic rings. The van der Waals surface area contributed by atoms with Crippen LogP contribution in [0.2, 0.25) is 0 Å². The number of nitrogens with one attached hydrogen (secondary N) is 1. The maximum Gasteiger partial charge on any atom is 0.243 e. The first-order valence-corrected chi connectivity index (χ1v) is 12.8. The molecule has 2 heterocycles. The van der Waals surface area contributed by atoms with E-state index in [1.807, 2.05) is 9.80 Å². The largest absolute Gasteiger partial charge is 0.385 e. The third kappa shape index (κ3) is 6.95. The lowest BCUT2D eigenvalue weighted by molar-refractivity contribution is -0.138. The highest BCUT2D eigenvalue weighted by Gasteiger charge is 2.34. The minimum absolute atomic E-state index is 0.0272. The van der Waals surface area contributed by atoms with Gasteiger partial charge in [-0.15, -0.1) is 0 Å². The predicted octanol–water partition coefficient (Wildman–Crippen LogP) is 0.523. The number of piperidine rings is 1. The van der Waals surface area contributed by atoms with Crippen LogP contribution in [0.5, 0.6) is 0 Å². The minimum atomic E-state index is -3.69. The van der Waals surface area contributed by atoms with Gasteiger partial charge in [0.05, 0.1) is 11.4 Å². The second kappa shape index (κ2) is 11.9. The molecule has 2 aliphatic heterocycles. The number of halogens is 1. The van der Waals surface area contributed by atoms with Crippen molar-refractivity contribution < 1.29 is 27.1 Å². The van der Waals surface area contributed by atoms with Crippen molar-refractivity contribution in [2.24, 2.45) is 5.92 Å². The van der Waals surface area contributed by atoms with Crippen LogP contribution in [-0.4, -0.2) is 100 Å². The first-order chi connectivity index (χ1) is 15.8. The Hall–Kier alpha value is -2.08. The summed E-state index contributed by atoms with van der Waals surface area (Å²) in [4.78, 5) is 28.9. The first kappa shape index (κ1) is 25.5. The Labute approximate surface area is 194 Å². The average Bonchev–Trinajstić information content (AvgIpc) is 2.82. The van der Waals surface area contributed by atoms with Crippen molar-refractivity contribution in [3.63, 3.8) is 0 Å². The van der Waals surface area contributed by atoms with Crippen molar-refractivity contribution in [2.75, 3.05) is 66.1 Å². The molecule has 0 spiro atoms. The Morgan fingerprint density at radius 2 is 1.70 bits per heavy atom. The van der Waals surface area contributed by atoms with Crippen molar-refractivity contribution in [2.45, 2.75) is 24.2 Å². The molecule has 1 N–H and O–H groups in total. The molecule has 184 valence electrons. The van der Waals surface area contributed by atoms with E-state index >= 15 is 0 Å². The Balaban J connectivity index is 1.41. The number of sulfonamides is 1. The fraction of sp³-hybridized carbons (Fsp3) is 0.636. The molecule has 0 aromatic heterocycles. The van der Waals surface area contributed by atoms with E-state index in [1.54, 1.807) is 7.11 Å². The Morgan fingerprint density at radius 3 is 2.30 bits per heavy atom. The van der Waals surface area contributed by atoms with Crippen LogP contribution in [0, 0.1) is 11.7 Å². The van der Waals surface area contributed by atoms with Crippen LogP contribution >= 0.6 is 0 Å². The van der Waals surface area contributed by atoms with E-state index in [4.69, 9.17) is 4.74 Å². The van der Waals surface area contributed by atoms with E-state index in [0.717, 1.165) is 18.6 Å². The van der Waals surface area contributed by atoms with Gasteiger partial charge >= 0.3 is 0 Å². The van der Waals surface area contributed by atoms with Gasteiger partial charge in [-0.1, -0.05) is 0 Å². The molecular formula is C22H33FN4O5S. The number of nitrogens with zero attached hydrogens (tertiary/aromatic N) is 3. The third-order valence-corrected chi connectivity index (χ3v) is 8.07. The summed E-state index contributed by atoms with van der Waals surface area (Å²) in [5.41, 5.74) is 0. The lowest BCUT2D eigenvalue weighted by Gasteiger charge is -2.38. The molecule has 3 rings (SSSR count). The van der Waals surface area contributed by atoms with Gasteiger partial charge in [-0.25, -0.2) is 12.8 Å². The fourth-order valence-electron chi connectivity index (χ4n) is 4.19. The number of carbonyl (C=O) groups excluding carboxylic acids is 2. The SMILES string of the molecule is COCCCNC(=O)CN1CCN(C(=O)C2CCN(S(=O)(=O)c3ccc(F)cc3)CC2)CC1. The van der Waals surface area contributed by atoms with Gasteiger partial charge in [-0.05, 0) is 43.5 Å². The highest BCUT2D eigenvalue weighted by molar-refractivity contribution is 7.89. The monoisotopic (exact) mass is 484 g/mol. The van der Waals surface area contributed by atoms with Crippen LogP contribution in [0.15, 0.2) is 29.2 Å². The Kier molecular flexibility index (Phi) is 9.19. The summed E-state index contributed by atoms with van der Waals surface area (Å²) in [7, 11) is -2.06. The molecule has 0 aliphatic carbocycles. The van der Waals surface area contributed by atoms with Crippen LogP contribution in [0.4, 0.5) is 4.39 Å². The minimum Gasteiger partial charge on any atom is -0.385 e. The quantitative estimate of drug-likeness (QED) is 0.513. The summed E-state index contributed by atoms with van der Waals surface area (Å²) in [6, 6.07) is 4.80. The lowest BCUT2D eigenvalue weighted by Crippen LogP contribution is -2.53. The van der Waals surface area contributed by atoms with Gasteiger partial charge < -0.3 is 15.0 Å². The summed E-state index contributed by atoms with van der Waals surface area (Å²) < 4.78 is 45.0. The zero-order valence-electron chi connectivity index (χ0n) is 19.0. The molecule has 11 heteroatoms. The molecule has 1 aromatic rings. The summed E-state index contributed by atoms with van der Waals surface area (Å²) in [6.07, 6.45) is 1.70. The van der Waals surface area contributed by atoms with Crippen LogP contribution in [0.1, 0.15) is 19.3 Å². The molecule has 0 radical (unpaired) electrons. The second-order valence-corrected chi connectivity index (χ2v) is 10.4. The summed E-state index contributed by atoms with van der Waals surface area (Å²) in [5.74, 6) is -0.667. The van der Waals surface area contributed by atoms with Gasteiger partial charge in [0.1, 0.15) is 5.82 Å². The average molecular weight is 485 g/mol. The number of hydrogen-bond acceptors (Lipinski definition) is 6. The third-order valence-electron chi connectivity index (χ3n) is 6.15. The molecule has 1 aromatic carbocycles. The van der Waals surface area contributed by atoms with Gasteiger partial charge in [0.15, 0.2) is 0 Å². The van der Waals surface area contributed by atoms with E-state index in [2.05, 4.69) is 5.32 Å². The topological polar surface area (TPSA) is 99.3 Å². The molecule has 0 atom stereocenters. The summed E-state index contributed by atoms with van der Waals surface area (Å²) in [5, 5.41) is 2.87. The van der Waals surface area contributed by atoms with E-state index < -0.39 is 15.8 Å². The summed E-state index contributed by atoms with van der Waals surface area (Å²) in [6.45, 7) is 4.42. The van der Waals surface area contributed by atoms with Gasteiger partial charge in [0.25, 0.3) is 0 Å². The molecule has 33 heavy (non-hydrogen) atoms. The molecule has 2 amide bonds. The number of hydrogen-bond donors (Lipinski definition) is 1. The predicted molar refractivity (Wildman–Crippen MR) is 120 cm³/mol. The van der Waals surface area contributed by atoms with Crippen LogP contribution < -0.4 is 5.32 Å². The van der Waals surface area contributed by atoms with E-state index in [1.165, 1.54) is 16.4 Å².